The summed E-state index contributed by atoms with van der Waals surface area (Å²) in [5.74, 6) is 0.122. The average molecular weight is 419 g/mol. The molecule has 1 amide bonds. The van der Waals surface area contributed by atoms with Crippen molar-refractivity contribution in [2.24, 2.45) is 0 Å². The number of anilines is 1. The Morgan fingerprint density at radius 1 is 0.931 bits per heavy atom. The SMILES string of the molecule is CC1SC(c2ccc(Cl)cc2)N(c2c(-c3ccccc3)[nH]c3ccccc23)C1=O. The number of rotatable bonds is 3. The number of nitrogens with zero attached hydrogens (tertiary/aromatic N) is 1. The van der Waals surface area contributed by atoms with E-state index < -0.39 is 0 Å². The summed E-state index contributed by atoms with van der Waals surface area (Å²) >= 11 is 7.77. The van der Waals surface area contributed by atoms with E-state index in [1.54, 1.807) is 11.8 Å². The highest BCUT2D eigenvalue weighted by molar-refractivity contribution is 8.01. The van der Waals surface area contributed by atoms with Crippen LogP contribution in [-0.2, 0) is 4.79 Å². The minimum Gasteiger partial charge on any atom is -0.353 e. The molecule has 29 heavy (non-hydrogen) atoms. The van der Waals surface area contributed by atoms with E-state index in [1.165, 1.54) is 0 Å². The van der Waals surface area contributed by atoms with E-state index in [0.29, 0.717) is 5.02 Å². The van der Waals surface area contributed by atoms with E-state index in [4.69, 9.17) is 11.6 Å². The first-order valence-corrected chi connectivity index (χ1v) is 10.9. The maximum atomic E-state index is 13.3. The molecule has 2 atom stereocenters. The monoisotopic (exact) mass is 418 g/mol. The predicted octanol–water partition coefficient (Wildman–Crippen LogP) is 6.66. The summed E-state index contributed by atoms with van der Waals surface area (Å²) in [6.45, 7) is 1.98. The summed E-state index contributed by atoms with van der Waals surface area (Å²) in [5, 5.41) is 1.53. The molecule has 0 saturated carbocycles. The topological polar surface area (TPSA) is 36.1 Å². The largest absolute Gasteiger partial charge is 0.353 e. The summed E-state index contributed by atoms with van der Waals surface area (Å²) in [5.41, 5.74) is 5.06. The van der Waals surface area contributed by atoms with Crippen molar-refractivity contribution in [3.05, 3.63) is 89.4 Å². The number of fused-ring (bicyclic) bond motifs is 1. The number of hydrogen-bond donors (Lipinski definition) is 1. The van der Waals surface area contributed by atoms with Crippen LogP contribution in [-0.4, -0.2) is 16.1 Å². The van der Waals surface area contributed by atoms with Gasteiger partial charge in [-0.3, -0.25) is 9.69 Å². The van der Waals surface area contributed by atoms with Crippen LogP contribution in [0.25, 0.3) is 22.2 Å². The van der Waals surface area contributed by atoms with Gasteiger partial charge >= 0.3 is 0 Å². The smallest absolute Gasteiger partial charge is 0.241 e. The Labute approximate surface area is 178 Å². The van der Waals surface area contributed by atoms with E-state index >= 15 is 0 Å². The molecule has 1 saturated heterocycles. The number of halogens is 1. The first-order valence-electron chi connectivity index (χ1n) is 9.53. The third-order valence-electron chi connectivity index (χ3n) is 5.29. The van der Waals surface area contributed by atoms with Crippen LogP contribution in [0, 0.1) is 0 Å². The van der Waals surface area contributed by atoms with Gasteiger partial charge in [-0.15, -0.1) is 11.8 Å². The molecule has 0 aliphatic carbocycles. The molecule has 0 radical (unpaired) electrons. The quantitative estimate of drug-likeness (QED) is 0.404. The Morgan fingerprint density at radius 2 is 1.62 bits per heavy atom. The average Bonchev–Trinajstić information content (AvgIpc) is 3.27. The van der Waals surface area contributed by atoms with E-state index in [0.717, 1.165) is 33.4 Å². The molecule has 2 unspecified atom stereocenters. The molecule has 5 rings (SSSR count). The lowest BCUT2D eigenvalue weighted by Gasteiger charge is -2.25. The summed E-state index contributed by atoms with van der Waals surface area (Å²) in [6, 6.07) is 26.1. The highest BCUT2D eigenvalue weighted by atomic mass is 35.5. The number of aromatic amines is 1. The number of nitrogens with one attached hydrogen (secondary N) is 1. The fourth-order valence-electron chi connectivity index (χ4n) is 3.90. The number of carbonyl (C=O) groups excluding carboxylic acids is 1. The number of benzene rings is 3. The van der Waals surface area contributed by atoms with Gasteiger partial charge in [0.25, 0.3) is 0 Å². The predicted molar refractivity (Wildman–Crippen MR) is 122 cm³/mol. The van der Waals surface area contributed by atoms with Gasteiger partial charge in [-0.2, -0.15) is 0 Å². The first-order chi connectivity index (χ1) is 14.1. The number of para-hydroxylation sites is 1. The van der Waals surface area contributed by atoms with Crippen LogP contribution in [0.2, 0.25) is 5.02 Å². The molecule has 1 N–H and O–H groups in total. The van der Waals surface area contributed by atoms with Crippen LogP contribution in [0.4, 0.5) is 5.69 Å². The fraction of sp³-hybridized carbons (Fsp3) is 0.125. The zero-order valence-electron chi connectivity index (χ0n) is 15.8. The van der Waals surface area contributed by atoms with Gasteiger partial charge in [0.05, 0.1) is 16.6 Å². The van der Waals surface area contributed by atoms with Gasteiger partial charge in [-0.1, -0.05) is 72.3 Å². The molecule has 5 heteroatoms. The molecule has 2 heterocycles. The van der Waals surface area contributed by atoms with Crippen molar-refractivity contribution in [2.45, 2.75) is 17.5 Å². The lowest BCUT2D eigenvalue weighted by molar-refractivity contribution is -0.117. The summed E-state index contributed by atoms with van der Waals surface area (Å²) in [4.78, 5) is 18.9. The Morgan fingerprint density at radius 3 is 2.38 bits per heavy atom. The van der Waals surface area contributed by atoms with Crippen molar-refractivity contribution in [1.29, 1.82) is 0 Å². The number of carbonyl (C=O) groups is 1. The zero-order valence-corrected chi connectivity index (χ0v) is 17.4. The summed E-state index contributed by atoms with van der Waals surface area (Å²) in [7, 11) is 0. The molecular formula is C24H19ClN2OS. The van der Waals surface area contributed by atoms with E-state index in [1.807, 2.05) is 66.4 Å². The number of H-pyrrole nitrogens is 1. The number of aromatic nitrogens is 1. The van der Waals surface area contributed by atoms with Crippen molar-refractivity contribution in [2.75, 3.05) is 4.90 Å². The fourth-order valence-corrected chi connectivity index (χ4v) is 5.29. The van der Waals surface area contributed by atoms with Crippen molar-refractivity contribution >= 4 is 45.9 Å². The second-order valence-corrected chi connectivity index (χ2v) is 9.01. The third-order valence-corrected chi connectivity index (χ3v) is 6.89. The Bertz CT molecular complexity index is 1190. The van der Waals surface area contributed by atoms with Gasteiger partial charge in [0.15, 0.2) is 0 Å². The summed E-state index contributed by atoms with van der Waals surface area (Å²) in [6.07, 6.45) is 0. The van der Waals surface area contributed by atoms with E-state index in [-0.39, 0.29) is 16.5 Å². The number of amides is 1. The molecule has 0 spiro atoms. The second kappa shape index (κ2) is 7.29. The van der Waals surface area contributed by atoms with Crippen LogP contribution < -0.4 is 4.90 Å². The van der Waals surface area contributed by atoms with Gasteiger partial charge in [0, 0.05) is 21.5 Å². The molecule has 3 nitrogen and oxygen atoms in total. The van der Waals surface area contributed by atoms with Crippen LogP contribution in [0.1, 0.15) is 17.9 Å². The van der Waals surface area contributed by atoms with Gasteiger partial charge in [0.1, 0.15) is 5.37 Å². The van der Waals surface area contributed by atoms with Crippen LogP contribution in [0.15, 0.2) is 78.9 Å². The minimum absolute atomic E-state index is 0.101. The van der Waals surface area contributed by atoms with Crippen molar-refractivity contribution in [3.8, 4) is 11.3 Å². The molecule has 1 aliphatic heterocycles. The second-order valence-electron chi connectivity index (χ2n) is 7.15. The highest BCUT2D eigenvalue weighted by Crippen LogP contribution is 2.50. The number of hydrogen-bond acceptors (Lipinski definition) is 2. The van der Waals surface area contributed by atoms with Gasteiger partial charge in [0.2, 0.25) is 5.91 Å². The van der Waals surface area contributed by atoms with Gasteiger partial charge in [-0.05, 0) is 30.7 Å². The Balaban J connectivity index is 1.74. The Hall–Kier alpha value is -2.69. The first kappa shape index (κ1) is 18.3. The van der Waals surface area contributed by atoms with E-state index in [9.17, 15) is 4.79 Å². The number of thioether (sulfide) groups is 1. The molecule has 3 aromatic carbocycles. The van der Waals surface area contributed by atoms with Crippen LogP contribution >= 0.6 is 23.4 Å². The normalized spacial score (nSPS) is 19.2. The highest BCUT2D eigenvalue weighted by Gasteiger charge is 2.41. The minimum atomic E-state index is -0.118. The molecule has 0 bridgehead atoms. The molecular weight excluding hydrogens is 400 g/mol. The van der Waals surface area contributed by atoms with Crippen molar-refractivity contribution < 1.29 is 4.79 Å². The lowest BCUT2D eigenvalue weighted by Crippen LogP contribution is -2.30. The molecule has 1 aromatic heterocycles. The molecule has 144 valence electrons. The lowest BCUT2D eigenvalue weighted by atomic mass is 10.1. The maximum absolute atomic E-state index is 13.3. The van der Waals surface area contributed by atoms with Gasteiger partial charge in [-0.25, -0.2) is 0 Å². The molecule has 1 aliphatic rings. The van der Waals surface area contributed by atoms with E-state index in [2.05, 4.69) is 29.2 Å². The third kappa shape index (κ3) is 3.13. The molecule has 4 aromatic rings. The van der Waals surface area contributed by atoms with Crippen LogP contribution in [0.5, 0.6) is 0 Å². The van der Waals surface area contributed by atoms with Crippen LogP contribution in [0.3, 0.4) is 0 Å². The van der Waals surface area contributed by atoms with Crippen molar-refractivity contribution in [1.82, 2.24) is 4.98 Å². The maximum Gasteiger partial charge on any atom is 0.241 e. The zero-order chi connectivity index (χ0) is 20.0. The molecule has 1 fully saturated rings. The standard InChI is InChI=1S/C24H19ClN2OS/c1-15-23(28)27(24(29-15)17-11-13-18(25)14-12-17)22-19-9-5-6-10-20(19)26-21(22)16-7-3-2-4-8-16/h2-15,24,26H,1H3. The van der Waals surface area contributed by atoms with Gasteiger partial charge < -0.3 is 4.98 Å². The van der Waals surface area contributed by atoms with Crippen molar-refractivity contribution in [3.63, 3.8) is 0 Å². The summed E-state index contributed by atoms with van der Waals surface area (Å²) < 4.78 is 0. The Kier molecular flexibility index (Phi) is 4.61.